The molecule has 0 fully saturated rings. The number of carbonyl (C=O) groups excluding carboxylic acids is 2. The van der Waals surface area contributed by atoms with Crippen LogP contribution in [0.2, 0.25) is 0 Å². The SMILES string of the molecule is CC(=O)[O][Sn]([CH2]c1ccc(I)cc1)([CH2]c1ccc(I)cc1)[O]C(C)=O. The van der Waals surface area contributed by atoms with Gasteiger partial charge in [-0.15, -0.1) is 0 Å². The monoisotopic (exact) mass is 672 g/mol. The number of halogens is 2. The second-order valence-electron chi connectivity index (χ2n) is 5.70. The Balaban J connectivity index is 2.38. The molecule has 0 aromatic heterocycles. The van der Waals surface area contributed by atoms with Crippen molar-refractivity contribution in [2.24, 2.45) is 0 Å². The average Bonchev–Trinajstić information content (AvgIpc) is 2.50. The Kier molecular flexibility index (Phi) is 7.99. The van der Waals surface area contributed by atoms with Crippen molar-refractivity contribution in [2.75, 3.05) is 0 Å². The molecular formula is C18H18I2O4Sn. The Bertz CT molecular complexity index is 679. The van der Waals surface area contributed by atoms with Gasteiger partial charge in [0, 0.05) is 0 Å². The van der Waals surface area contributed by atoms with Crippen LogP contribution in [-0.2, 0) is 24.6 Å². The average molecular weight is 671 g/mol. The van der Waals surface area contributed by atoms with E-state index in [2.05, 4.69) is 45.2 Å². The van der Waals surface area contributed by atoms with Crippen LogP contribution in [-0.4, -0.2) is 31.1 Å². The molecule has 2 rings (SSSR count). The van der Waals surface area contributed by atoms with Crippen molar-refractivity contribution in [1.82, 2.24) is 0 Å². The predicted molar refractivity (Wildman–Crippen MR) is 115 cm³/mol. The normalized spacial score (nSPS) is 11.0. The third kappa shape index (κ3) is 7.04. The van der Waals surface area contributed by atoms with Crippen LogP contribution in [0.5, 0.6) is 0 Å². The fourth-order valence-corrected chi connectivity index (χ4v) is 12.5. The van der Waals surface area contributed by atoms with Crippen molar-refractivity contribution in [3.8, 4) is 0 Å². The summed E-state index contributed by atoms with van der Waals surface area (Å²) in [6.07, 6.45) is 0. The fraction of sp³-hybridized carbons (Fsp3) is 0.222. The van der Waals surface area contributed by atoms with Gasteiger partial charge in [-0.3, -0.25) is 0 Å². The minimum atomic E-state index is -4.05. The standard InChI is InChI=1S/2C7H6I.2C2H4O2.Sn/c2*1-6-2-4-7(8)5-3-6;2*1-2(3)4;/h2*2-5H,1H2;2*1H3,(H,3,4);/q;;;;+2/p-2. The molecule has 4 nitrogen and oxygen atoms in total. The molecule has 0 aliphatic carbocycles. The molecule has 2 aromatic rings. The molecule has 0 radical (unpaired) electrons. The van der Waals surface area contributed by atoms with Gasteiger partial charge in [-0.2, -0.15) is 0 Å². The van der Waals surface area contributed by atoms with Crippen LogP contribution in [0, 0.1) is 7.14 Å². The van der Waals surface area contributed by atoms with Gasteiger partial charge in [0.05, 0.1) is 0 Å². The number of rotatable bonds is 6. The van der Waals surface area contributed by atoms with E-state index in [0.29, 0.717) is 8.87 Å². The molecular weight excluding hydrogens is 653 g/mol. The van der Waals surface area contributed by atoms with E-state index in [9.17, 15) is 9.59 Å². The van der Waals surface area contributed by atoms with E-state index in [0.717, 1.165) is 18.3 Å². The van der Waals surface area contributed by atoms with Crippen molar-refractivity contribution >= 4 is 76.3 Å². The molecule has 0 aliphatic heterocycles. The van der Waals surface area contributed by atoms with Crippen LogP contribution in [0.15, 0.2) is 48.5 Å². The summed E-state index contributed by atoms with van der Waals surface area (Å²) in [5.74, 6) is -0.791. The van der Waals surface area contributed by atoms with Gasteiger partial charge in [0.15, 0.2) is 0 Å². The van der Waals surface area contributed by atoms with Crippen molar-refractivity contribution in [2.45, 2.75) is 22.7 Å². The Labute approximate surface area is 179 Å². The predicted octanol–water partition coefficient (Wildman–Crippen LogP) is 4.33. The summed E-state index contributed by atoms with van der Waals surface area (Å²) in [6, 6.07) is 16.0. The van der Waals surface area contributed by atoms with Gasteiger partial charge >= 0.3 is 182 Å². The van der Waals surface area contributed by atoms with E-state index in [-0.39, 0.29) is 0 Å². The summed E-state index contributed by atoms with van der Waals surface area (Å²) in [4.78, 5) is 23.5. The maximum absolute atomic E-state index is 11.8. The van der Waals surface area contributed by atoms with E-state index in [4.69, 9.17) is 6.15 Å². The zero-order valence-corrected chi connectivity index (χ0v) is 21.1. The maximum atomic E-state index is 11.8. The Morgan fingerprint density at radius 3 is 1.36 bits per heavy atom. The number of benzene rings is 2. The second kappa shape index (κ2) is 9.54. The molecule has 2 aromatic carbocycles. The molecule has 0 saturated heterocycles. The summed E-state index contributed by atoms with van der Waals surface area (Å²) in [5.41, 5.74) is 2.04. The summed E-state index contributed by atoms with van der Waals surface area (Å²) in [5, 5.41) is 0. The van der Waals surface area contributed by atoms with E-state index in [1.165, 1.54) is 13.8 Å². The molecule has 25 heavy (non-hydrogen) atoms. The summed E-state index contributed by atoms with van der Waals surface area (Å²) >= 11 is 0.429. The molecule has 0 amide bonds. The number of hydrogen-bond donors (Lipinski definition) is 0. The van der Waals surface area contributed by atoms with Crippen LogP contribution in [0.3, 0.4) is 0 Å². The summed E-state index contributed by atoms with van der Waals surface area (Å²) in [7, 11) is 0. The van der Waals surface area contributed by atoms with Crippen molar-refractivity contribution < 1.29 is 15.7 Å². The molecule has 0 atom stereocenters. The van der Waals surface area contributed by atoms with E-state index in [1.807, 2.05) is 48.5 Å². The van der Waals surface area contributed by atoms with Gasteiger partial charge in [-0.1, -0.05) is 0 Å². The zero-order chi connectivity index (χ0) is 18.4. The Hall–Kier alpha value is -0.361. The Morgan fingerprint density at radius 2 is 1.08 bits per heavy atom. The van der Waals surface area contributed by atoms with Crippen LogP contribution >= 0.6 is 45.2 Å². The zero-order valence-electron chi connectivity index (χ0n) is 13.9. The number of carbonyl (C=O) groups is 2. The van der Waals surface area contributed by atoms with Crippen LogP contribution < -0.4 is 0 Å². The molecule has 0 N–H and O–H groups in total. The molecule has 7 heteroatoms. The van der Waals surface area contributed by atoms with Gasteiger partial charge in [0.25, 0.3) is 0 Å². The van der Waals surface area contributed by atoms with E-state index in [1.54, 1.807) is 0 Å². The van der Waals surface area contributed by atoms with Gasteiger partial charge in [-0.25, -0.2) is 0 Å². The van der Waals surface area contributed by atoms with Crippen LogP contribution in [0.1, 0.15) is 25.0 Å². The first-order chi connectivity index (χ1) is 11.8. The summed E-state index contributed by atoms with van der Waals surface area (Å²) in [6.45, 7) is 2.74. The second-order valence-corrected chi connectivity index (χ2v) is 16.6. The van der Waals surface area contributed by atoms with Crippen molar-refractivity contribution in [1.29, 1.82) is 0 Å². The molecule has 0 aliphatic rings. The number of hydrogen-bond acceptors (Lipinski definition) is 4. The molecule has 0 spiro atoms. The van der Waals surface area contributed by atoms with E-state index < -0.39 is 31.1 Å². The first-order valence-electron chi connectivity index (χ1n) is 7.66. The third-order valence-corrected chi connectivity index (χ3v) is 14.0. The third-order valence-electron chi connectivity index (χ3n) is 3.43. The van der Waals surface area contributed by atoms with Gasteiger partial charge in [-0.05, 0) is 0 Å². The van der Waals surface area contributed by atoms with Gasteiger partial charge < -0.3 is 0 Å². The first-order valence-corrected chi connectivity index (χ1v) is 16.2. The summed E-state index contributed by atoms with van der Waals surface area (Å²) < 4.78 is 14.7. The van der Waals surface area contributed by atoms with Gasteiger partial charge in [0.2, 0.25) is 0 Å². The van der Waals surface area contributed by atoms with Gasteiger partial charge in [0.1, 0.15) is 0 Å². The minimum absolute atomic E-state index is 0.395. The molecule has 0 unspecified atom stereocenters. The molecule has 132 valence electrons. The first kappa shape index (κ1) is 20.9. The fourth-order valence-electron chi connectivity index (χ4n) is 2.58. The molecule has 0 heterocycles. The van der Waals surface area contributed by atoms with E-state index >= 15 is 0 Å². The van der Waals surface area contributed by atoms with Crippen LogP contribution in [0.25, 0.3) is 0 Å². The van der Waals surface area contributed by atoms with Crippen molar-refractivity contribution in [3.63, 3.8) is 0 Å². The Morgan fingerprint density at radius 1 is 0.760 bits per heavy atom. The van der Waals surface area contributed by atoms with Crippen molar-refractivity contribution in [3.05, 3.63) is 66.8 Å². The molecule has 0 saturated carbocycles. The molecule has 0 bridgehead atoms. The van der Waals surface area contributed by atoms with Crippen LogP contribution in [0.4, 0.5) is 0 Å². The quantitative estimate of drug-likeness (QED) is 0.340. The topological polar surface area (TPSA) is 52.6 Å².